The monoisotopic (exact) mass is 522 g/mol. The minimum absolute atomic E-state index is 0.162. The van der Waals surface area contributed by atoms with Crippen molar-refractivity contribution in [3.05, 3.63) is 57.2 Å². The number of phenols is 1. The Labute approximate surface area is 233 Å². The largest absolute Gasteiger partial charge is 0.507 e. The Kier molecular flexibility index (Phi) is 11.1. The highest BCUT2D eigenvalue weighted by Gasteiger charge is 2.35. The molecule has 0 bridgehead atoms. The van der Waals surface area contributed by atoms with Gasteiger partial charge in [-0.05, 0) is 118 Å². The molecule has 2 heterocycles. The Morgan fingerprint density at radius 1 is 0.895 bits per heavy atom. The molecule has 0 aromatic heterocycles. The van der Waals surface area contributed by atoms with Crippen molar-refractivity contribution in [3.8, 4) is 11.5 Å². The number of fused-ring (bicyclic) bond motifs is 1. The van der Waals surface area contributed by atoms with E-state index in [1.54, 1.807) is 0 Å². The molecule has 2 aliphatic rings. The van der Waals surface area contributed by atoms with Crippen molar-refractivity contribution < 1.29 is 9.84 Å². The molecule has 4 nitrogen and oxygen atoms in total. The molecule has 0 aliphatic carbocycles. The zero-order valence-electron chi connectivity index (χ0n) is 25.7. The van der Waals surface area contributed by atoms with E-state index in [1.165, 1.54) is 28.7 Å². The number of benzene rings is 1. The molecule has 1 atom stereocenters. The summed E-state index contributed by atoms with van der Waals surface area (Å²) in [6.45, 7) is 20.4. The van der Waals surface area contributed by atoms with Gasteiger partial charge in [-0.2, -0.15) is 0 Å². The molecule has 1 saturated heterocycles. The number of likely N-dealkylation sites (N-methyl/N-ethyl adjacent to an activating group) is 1. The predicted molar refractivity (Wildman–Crippen MR) is 162 cm³/mol. The van der Waals surface area contributed by atoms with Crippen molar-refractivity contribution >= 4 is 0 Å². The number of allylic oxidation sites excluding steroid dienone is 6. The average molecular weight is 523 g/mol. The second-order valence-electron chi connectivity index (χ2n) is 12.5. The highest BCUT2D eigenvalue weighted by atomic mass is 16.5. The first kappa shape index (κ1) is 30.5. The van der Waals surface area contributed by atoms with Gasteiger partial charge in [0.15, 0.2) is 0 Å². The van der Waals surface area contributed by atoms with Gasteiger partial charge in [0.25, 0.3) is 0 Å². The fraction of sp³-hybridized carbons (Fsp3) is 0.647. The first-order chi connectivity index (χ1) is 18.0. The number of phenolic OH excluding ortho intramolecular Hbond substituents is 1. The summed E-state index contributed by atoms with van der Waals surface area (Å²) in [5.41, 5.74) is 8.62. The smallest absolute Gasteiger partial charge is 0.127 e. The van der Waals surface area contributed by atoms with Gasteiger partial charge in [-0.3, -0.25) is 4.90 Å². The summed E-state index contributed by atoms with van der Waals surface area (Å²) < 4.78 is 6.80. The number of rotatable bonds is 11. The molecule has 3 rings (SSSR count). The second-order valence-corrected chi connectivity index (χ2v) is 12.5. The van der Waals surface area contributed by atoms with Crippen LogP contribution in [0.25, 0.3) is 0 Å². The lowest BCUT2D eigenvalue weighted by Gasteiger charge is -2.39. The van der Waals surface area contributed by atoms with Crippen LogP contribution in [0.15, 0.2) is 34.9 Å². The van der Waals surface area contributed by atoms with Gasteiger partial charge in [0.2, 0.25) is 0 Å². The fourth-order valence-electron chi connectivity index (χ4n) is 5.71. The van der Waals surface area contributed by atoms with Crippen LogP contribution in [-0.4, -0.2) is 53.7 Å². The minimum atomic E-state index is -0.162. The molecule has 0 radical (unpaired) electrons. The van der Waals surface area contributed by atoms with E-state index in [9.17, 15) is 5.11 Å². The summed E-state index contributed by atoms with van der Waals surface area (Å²) in [6, 6.07) is 0. The molecule has 1 aromatic rings. The number of nitrogens with zero attached hydrogens (tertiary/aromatic N) is 2. The Morgan fingerprint density at radius 2 is 1.50 bits per heavy atom. The molecule has 0 amide bonds. The number of piperazine rings is 1. The highest BCUT2D eigenvalue weighted by Crippen LogP contribution is 2.45. The summed E-state index contributed by atoms with van der Waals surface area (Å²) in [6.07, 6.45) is 15.8. The molecular formula is C34H54N2O2. The van der Waals surface area contributed by atoms with Crippen LogP contribution >= 0.6 is 0 Å². The first-order valence-electron chi connectivity index (χ1n) is 14.9. The van der Waals surface area contributed by atoms with Crippen LogP contribution in [0.2, 0.25) is 0 Å². The van der Waals surface area contributed by atoms with Gasteiger partial charge in [-0.15, -0.1) is 0 Å². The van der Waals surface area contributed by atoms with Crippen molar-refractivity contribution in [1.82, 2.24) is 9.80 Å². The van der Waals surface area contributed by atoms with Gasteiger partial charge in [-0.25, -0.2) is 0 Å². The van der Waals surface area contributed by atoms with Gasteiger partial charge in [0.1, 0.15) is 17.1 Å². The van der Waals surface area contributed by atoms with E-state index in [-0.39, 0.29) is 5.60 Å². The summed E-state index contributed by atoms with van der Waals surface area (Å²) in [5, 5.41) is 11.1. The maximum absolute atomic E-state index is 11.1. The van der Waals surface area contributed by atoms with Crippen molar-refractivity contribution in [3.63, 3.8) is 0 Å². The maximum Gasteiger partial charge on any atom is 0.127 e. The molecule has 4 heteroatoms. The summed E-state index contributed by atoms with van der Waals surface area (Å²) in [5.74, 6) is 1.51. The fourth-order valence-corrected chi connectivity index (χ4v) is 5.71. The molecule has 212 valence electrons. The van der Waals surface area contributed by atoms with Crippen LogP contribution in [0.1, 0.15) is 102 Å². The first-order valence-corrected chi connectivity index (χ1v) is 14.9. The molecule has 1 fully saturated rings. The summed E-state index contributed by atoms with van der Waals surface area (Å²) in [7, 11) is 2.18. The quantitative estimate of drug-likeness (QED) is 0.298. The lowest BCUT2D eigenvalue weighted by atomic mass is 9.84. The molecule has 38 heavy (non-hydrogen) atoms. The van der Waals surface area contributed by atoms with Crippen molar-refractivity contribution in [1.29, 1.82) is 0 Å². The van der Waals surface area contributed by atoms with Crippen LogP contribution in [0, 0.1) is 13.8 Å². The number of ether oxygens (including phenoxy) is 1. The molecule has 1 N–H and O–H groups in total. The van der Waals surface area contributed by atoms with E-state index in [1.807, 2.05) is 6.92 Å². The molecule has 2 aliphatic heterocycles. The SMILES string of the molecule is CC(C)=CCCC(C)=CCCC(C)=CCC[C@]1(C)CCc2c(CN3CCN(C)CC3)c(O)c(C)c(C)c2O1. The van der Waals surface area contributed by atoms with E-state index in [2.05, 4.69) is 76.6 Å². The standard InChI is InChI=1S/C34H54N2O2/c1-25(2)12-9-13-26(3)14-10-15-27(4)16-11-18-34(7)19-17-30-31(24-36-22-20-35(8)21-23-36)32(37)28(5)29(6)33(30)38-34/h12,14,16,37H,9-11,13,15,17-24H2,1-8H3/t34-/m1/s1. The number of aromatic hydroxyl groups is 1. The van der Waals surface area contributed by atoms with E-state index in [4.69, 9.17) is 4.74 Å². The van der Waals surface area contributed by atoms with E-state index in [0.717, 1.165) is 100 Å². The Balaban J connectivity index is 1.59. The third-order valence-electron chi connectivity index (χ3n) is 8.70. The van der Waals surface area contributed by atoms with Crippen molar-refractivity contribution in [2.75, 3.05) is 33.2 Å². The topological polar surface area (TPSA) is 35.9 Å². The van der Waals surface area contributed by atoms with Gasteiger partial charge < -0.3 is 14.7 Å². The molecule has 0 saturated carbocycles. The van der Waals surface area contributed by atoms with Crippen molar-refractivity contribution in [2.24, 2.45) is 0 Å². The van der Waals surface area contributed by atoms with Crippen LogP contribution in [-0.2, 0) is 13.0 Å². The highest BCUT2D eigenvalue weighted by molar-refractivity contribution is 5.59. The van der Waals surface area contributed by atoms with Gasteiger partial charge in [-0.1, -0.05) is 34.9 Å². The minimum Gasteiger partial charge on any atom is -0.507 e. The molecular weight excluding hydrogens is 468 g/mol. The van der Waals surface area contributed by atoms with Gasteiger partial charge >= 0.3 is 0 Å². The molecule has 0 unspecified atom stereocenters. The predicted octanol–water partition coefficient (Wildman–Crippen LogP) is 8.04. The zero-order valence-corrected chi connectivity index (χ0v) is 25.7. The van der Waals surface area contributed by atoms with Crippen LogP contribution < -0.4 is 4.74 Å². The Bertz CT molecular complexity index is 1040. The lowest BCUT2D eigenvalue weighted by molar-refractivity contribution is 0.0552. The zero-order chi connectivity index (χ0) is 27.9. The van der Waals surface area contributed by atoms with Crippen LogP contribution in [0.5, 0.6) is 11.5 Å². The molecule has 0 spiro atoms. The van der Waals surface area contributed by atoms with Crippen molar-refractivity contribution in [2.45, 2.75) is 112 Å². The third-order valence-corrected chi connectivity index (χ3v) is 8.70. The lowest BCUT2D eigenvalue weighted by Crippen LogP contribution is -2.44. The summed E-state index contributed by atoms with van der Waals surface area (Å²) in [4.78, 5) is 4.85. The van der Waals surface area contributed by atoms with Crippen LogP contribution in [0.3, 0.4) is 0 Å². The number of hydrogen-bond donors (Lipinski definition) is 1. The Morgan fingerprint density at radius 3 is 2.13 bits per heavy atom. The van der Waals surface area contributed by atoms with Gasteiger partial charge in [0.05, 0.1) is 0 Å². The summed E-state index contributed by atoms with van der Waals surface area (Å²) >= 11 is 0. The average Bonchev–Trinajstić information content (AvgIpc) is 2.86. The third kappa shape index (κ3) is 8.48. The van der Waals surface area contributed by atoms with E-state index in [0.29, 0.717) is 5.75 Å². The van der Waals surface area contributed by atoms with Crippen LogP contribution in [0.4, 0.5) is 0 Å². The molecule has 1 aromatic carbocycles. The normalized spacial score (nSPS) is 21.3. The van der Waals surface area contributed by atoms with E-state index < -0.39 is 0 Å². The van der Waals surface area contributed by atoms with E-state index >= 15 is 0 Å². The Hall–Kier alpha value is -2.04. The second kappa shape index (κ2) is 13.8. The maximum atomic E-state index is 11.1. The van der Waals surface area contributed by atoms with Gasteiger partial charge in [0, 0.05) is 43.9 Å². The number of hydrogen-bond acceptors (Lipinski definition) is 4.